The van der Waals surface area contributed by atoms with E-state index in [1.165, 1.54) is 17.7 Å². The zero-order chi connectivity index (χ0) is 10.8. The van der Waals surface area contributed by atoms with Crippen molar-refractivity contribution in [3.05, 3.63) is 35.8 Å². The van der Waals surface area contributed by atoms with E-state index in [-0.39, 0.29) is 5.69 Å². The number of imidazole rings is 1. The number of carbonyl (C=O) groups excluding carboxylic acids is 2. The summed E-state index contributed by atoms with van der Waals surface area (Å²) in [5.74, 6) is -0.463. The molecule has 0 aromatic carbocycles. The highest BCUT2D eigenvalue weighted by atomic mass is 16.5. The van der Waals surface area contributed by atoms with Crippen LogP contribution in [0.2, 0.25) is 0 Å². The molecule has 0 radical (unpaired) electrons. The minimum absolute atomic E-state index is 0.284. The van der Waals surface area contributed by atoms with Gasteiger partial charge in [0, 0.05) is 6.20 Å². The molecule has 76 valence electrons. The standard InChI is InChI=1S/C10H8N2O3/c1-15-10(14)8-3-2-4-9-11-7(6-13)5-12(8)9/h2-6H,1H3. The van der Waals surface area contributed by atoms with E-state index in [0.717, 1.165) is 0 Å². The van der Waals surface area contributed by atoms with Crippen LogP contribution in [-0.4, -0.2) is 28.7 Å². The third-order valence-corrected chi connectivity index (χ3v) is 2.03. The Kier molecular flexibility index (Phi) is 2.21. The van der Waals surface area contributed by atoms with Gasteiger partial charge in [-0.25, -0.2) is 9.78 Å². The van der Waals surface area contributed by atoms with Crippen LogP contribution in [0.15, 0.2) is 24.4 Å². The summed E-state index contributed by atoms with van der Waals surface area (Å²) in [6.07, 6.45) is 2.13. The number of aldehydes is 1. The molecule has 2 aromatic heterocycles. The second kappa shape index (κ2) is 3.53. The van der Waals surface area contributed by atoms with Crippen molar-refractivity contribution in [3.8, 4) is 0 Å². The maximum absolute atomic E-state index is 11.4. The quantitative estimate of drug-likeness (QED) is 0.539. The molecule has 15 heavy (non-hydrogen) atoms. The fourth-order valence-corrected chi connectivity index (χ4v) is 1.36. The van der Waals surface area contributed by atoms with Crippen molar-refractivity contribution in [3.63, 3.8) is 0 Å². The topological polar surface area (TPSA) is 60.7 Å². The summed E-state index contributed by atoms with van der Waals surface area (Å²) in [6.45, 7) is 0. The van der Waals surface area contributed by atoms with Crippen molar-refractivity contribution < 1.29 is 14.3 Å². The van der Waals surface area contributed by atoms with E-state index in [4.69, 9.17) is 0 Å². The molecular formula is C10H8N2O3. The van der Waals surface area contributed by atoms with Gasteiger partial charge in [0.2, 0.25) is 0 Å². The summed E-state index contributed by atoms with van der Waals surface area (Å²) < 4.78 is 6.13. The van der Waals surface area contributed by atoms with E-state index in [2.05, 4.69) is 9.72 Å². The molecule has 0 saturated heterocycles. The molecule has 2 heterocycles. The molecular weight excluding hydrogens is 196 g/mol. The Morgan fingerprint density at radius 2 is 2.33 bits per heavy atom. The molecule has 0 saturated carbocycles. The Bertz CT molecular complexity index is 530. The molecule has 5 nitrogen and oxygen atoms in total. The zero-order valence-electron chi connectivity index (χ0n) is 8.01. The van der Waals surface area contributed by atoms with Gasteiger partial charge < -0.3 is 4.74 Å². The lowest BCUT2D eigenvalue weighted by Crippen LogP contribution is -2.06. The zero-order valence-corrected chi connectivity index (χ0v) is 8.01. The number of carbonyl (C=O) groups is 2. The lowest BCUT2D eigenvalue weighted by atomic mass is 10.3. The summed E-state index contributed by atoms with van der Waals surface area (Å²) >= 11 is 0. The Morgan fingerprint density at radius 1 is 1.53 bits per heavy atom. The third kappa shape index (κ3) is 1.48. The van der Waals surface area contributed by atoms with Crippen LogP contribution in [0.5, 0.6) is 0 Å². The van der Waals surface area contributed by atoms with Crippen LogP contribution in [0, 0.1) is 0 Å². The lowest BCUT2D eigenvalue weighted by molar-refractivity contribution is 0.0592. The van der Waals surface area contributed by atoms with Crippen molar-refractivity contribution in [1.82, 2.24) is 9.38 Å². The first-order chi connectivity index (χ1) is 7.26. The van der Waals surface area contributed by atoms with Crippen molar-refractivity contribution in [2.24, 2.45) is 0 Å². The number of ether oxygens (including phenoxy) is 1. The first kappa shape index (κ1) is 9.39. The minimum Gasteiger partial charge on any atom is -0.464 e. The third-order valence-electron chi connectivity index (χ3n) is 2.03. The number of hydrogen-bond donors (Lipinski definition) is 0. The van der Waals surface area contributed by atoms with Gasteiger partial charge in [0.15, 0.2) is 6.29 Å². The molecule has 0 bridgehead atoms. The van der Waals surface area contributed by atoms with Gasteiger partial charge >= 0.3 is 5.97 Å². The summed E-state index contributed by atoms with van der Waals surface area (Å²) in [6, 6.07) is 5.00. The molecule has 0 spiro atoms. The summed E-state index contributed by atoms with van der Waals surface area (Å²) in [7, 11) is 1.30. The van der Waals surface area contributed by atoms with Crippen LogP contribution >= 0.6 is 0 Å². The van der Waals surface area contributed by atoms with Crippen LogP contribution in [0.1, 0.15) is 21.0 Å². The average molecular weight is 204 g/mol. The fourth-order valence-electron chi connectivity index (χ4n) is 1.36. The molecule has 0 aliphatic rings. The number of esters is 1. The molecule has 0 aliphatic heterocycles. The van der Waals surface area contributed by atoms with Crippen LogP contribution in [0.3, 0.4) is 0 Å². The van der Waals surface area contributed by atoms with Crippen LogP contribution in [-0.2, 0) is 4.74 Å². The Morgan fingerprint density at radius 3 is 3.00 bits per heavy atom. The van der Waals surface area contributed by atoms with Gasteiger partial charge in [-0.2, -0.15) is 0 Å². The van der Waals surface area contributed by atoms with Crippen molar-refractivity contribution in [2.75, 3.05) is 7.11 Å². The number of pyridine rings is 1. The van der Waals surface area contributed by atoms with Gasteiger partial charge in [-0.1, -0.05) is 6.07 Å². The predicted octanol–water partition coefficient (Wildman–Crippen LogP) is 0.933. The Hall–Kier alpha value is -2.17. The Labute approximate surface area is 85.3 Å². The number of rotatable bonds is 2. The van der Waals surface area contributed by atoms with Gasteiger partial charge in [0.05, 0.1) is 7.11 Å². The van der Waals surface area contributed by atoms with E-state index in [9.17, 15) is 9.59 Å². The van der Waals surface area contributed by atoms with Gasteiger partial charge in [-0.05, 0) is 12.1 Å². The maximum atomic E-state index is 11.4. The van der Waals surface area contributed by atoms with Crippen molar-refractivity contribution in [1.29, 1.82) is 0 Å². The maximum Gasteiger partial charge on any atom is 0.355 e. The molecule has 2 aromatic rings. The number of fused-ring (bicyclic) bond motifs is 1. The van der Waals surface area contributed by atoms with Crippen molar-refractivity contribution >= 4 is 17.9 Å². The SMILES string of the molecule is COC(=O)c1cccc2nc(C=O)cn12. The van der Waals surface area contributed by atoms with Crippen molar-refractivity contribution in [2.45, 2.75) is 0 Å². The number of aromatic nitrogens is 2. The fraction of sp³-hybridized carbons (Fsp3) is 0.100. The summed E-state index contributed by atoms with van der Waals surface area (Å²) in [4.78, 5) is 25.9. The van der Waals surface area contributed by atoms with E-state index in [0.29, 0.717) is 17.6 Å². The predicted molar refractivity (Wildman–Crippen MR) is 51.9 cm³/mol. The Balaban J connectivity index is 2.69. The van der Waals surface area contributed by atoms with Gasteiger partial charge in [0.1, 0.15) is 17.0 Å². The molecule has 0 aliphatic carbocycles. The molecule has 0 amide bonds. The van der Waals surface area contributed by atoms with Crippen LogP contribution in [0.4, 0.5) is 0 Å². The minimum atomic E-state index is -0.463. The number of nitrogens with zero attached hydrogens (tertiary/aromatic N) is 2. The first-order valence-corrected chi connectivity index (χ1v) is 4.28. The summed E-state index contributed by atoms with van der Waals surface area (Å²) in [5.41, 5.74) is 1.17. The molecule has 2 rings (SSSR count). The van der Waals surface area contributed by atoms with Gasteiger partial charge in [-0.3, -0.25) is 9.20 Å². The lowest BCUT2D eigenvalue weighted by Gasteiger charge is -2.01. The van der Waals surface area contributed by atoms with E-state index in [1.54, 1.807) is 18.2 Å². The van der Waals surface area contributed by atoms with Gasteiger partial charge in [-0.15, -0.1) is 0 Å². The second-order valence-corrected chi connectivity index (χ2v) is 2.91. The molecule has 0 atom stereocenters. The van der Waals surface area contributed by atoms with Gasteiger partial charge in [0.25, 0.3) is 0 Å². The van der Waals surface area contributed by atoms with Crippen LogP contribution in [0.25, 0.3) is 5.65 Å². The smallest absolute Gasteiger partial charge is 0.355 e. The average Bonchev–Trinajstić information content (AvgIpc) is 2.70. The second-order valence-electron chi connectivity index (χ2n) is 2.91. The largest absolute Gasteiger partial charge is 0.464 e. The first-order valence-electron chi connectivity index (χ1n) is 4.28. The highest BCUT2D eigenvalue weighted by Gasteiger charge is 2.11. The van der Waals surface area contributed by atoms with E-state index < -0.39 is 5.97 Å². The van der Waals surface area contributed by atoms with E-state index >= 15 is 0 Å². The summed E-state index contributed by atoms with van der Waals surface area (Å²) in [5, 5.41) is 0. The number of methoxy groups -OCH3 is 1. The highest BCUT2D eigenvalue weighted by molar-refractivity contribution is 5.88. The van der Waals surface area contributed by atoms with E-state index in [1.807, 2.05) is 0 Å². The monoisotopic (exact) mass is 204 g/mol. The van der Waals surface area contributed by atoms with Crippen LogP contribution < -0.4 is 0 Å². The normalized spacial score (nSPS) is 10.2. The molecule has 5 heteroatoms. The number of hydrogen-bond acceptors (Lipinski definition) is 4. The molecule has 0 N–H and O–H groups in total. The highest BCUT2D eigenvalue weighted by Crippen LogP contribution is 2.09. The molecule has 0 unspecified atom stereocenters. The molecule has 0 fully saturated rings.